The molecule has 1 N–H and O–H groups in total. The van der Waals surface area contributed by atoms with Crippen molar-refractivity contribution in [3.63, 3.8) is 0 Å². The number of hydrogen-bond acceptors (Lipinski definition) is 5. The van der Waals surface area contributed by atoms with E-state index >= 15 is 0 Å². The molecule has 1 aromatic carbocycles. The van der Waals surface area contributed by atoms with E-state index in [0.29, 0.717) is 13.1 Å². The molecule has 4 aliphatic heterocycles. The van der Waals surface area contributed by atoms with E-state index in [1.165, 1.54) is 6.42 Å². The number of aliphatic hydroxyl groups excluding tert-OH is 1. The van der Waals surface area contributed by atoms with E-state index in [2.05, 4.69) is 25.2 Å². The van der Waals surface area contributed by atoms with Gasteiger partial charge in [0, 0.05) is 30.1 Å². The van der Waals surface area contributed by atoms with Crippen LogP contribution in [0.3, 0.4) is 0 Å². The number of likely N-dealkylation sites (tertiary alicyclic amines) is 1. The fourth-order valence-electron chi connectivity index (χ4n) is 7.83. The van der Waals surface area contributed by atoms with Gasteiger partial charge in [0.05, 0.1) is 29.2 Å². The van der Waals surface area contributed by atoms with Crippen LogP contribution in [-0.2, 0) is 14.4 Å². The van der Waals surface area contributed by atoms with Crippen molar-refractivity contribution in [2.24, 2.45) is 17.8 Å². The first-order valence-electron chi connectivity index (χ1n) is 15.0. The first kappa shape index (κ1) is 27.6. The van der Waals surface area contributed by atoms with E-state index in [1.807, 2.05) is 48.2 Å². The van der Waals surface area contributed by atoms with Crippen LogP contribution in [-0.4, -0.2) is 80.4 Å². The molecule has 6 rings (SSSR count). The molecular formula is C32H41N3O4S. The average molecular weight is 564 g/mol. The Morgan fingerprint density at radius 3 is 2.45 bits per heavy atom. The molecule has 5 aliphatic rings. The molecule has 1 unspecified atom stereocenters. The van der Waals surface area contributed by atoms with Crippen LogP contribution >= 0.6 is 11.8 Å². The van der Waals surface area contributed by atoms with Gasteiger partial charge in [-0.3, -0.25) is 14.4 Å². The van der Waals surface area contributed by atoms with Crippen molar-refractivity contribution in [1.82, 2.24) is 9.80 Å². The molecule has 3 fully saturated rings. The minimum atomic E-state index is -0.854. The van der Waals surface area contributed by atoms with Crippen molar-refractivity contribution < 1.29 is 19.5 Å². The van der Waals surface area contributed by atoms with Gasteiger partial charge in [-0.1, -0.05) is 82.0 Å². The Morgan fingerprint density at radius 2 is 1.75 bits per heavy atom. The van der Waals surface area contributed by atoms with Crippen LogP contribution in [0.2, 0.25) is 0 Å². The number of rotatable bonds is 6. The van der Waals surface area contributed by atoms with Crippen LogP contribution < -0.4 is 4.90 Å². The SMILES string of the molecule is CC[C@H](C)[C@H](CO)N1C(=O)[C@@H]2[C@H]3C(=O)N(c4ccccc4)CC=C[C@H]3S[C@@]23C=CCN(C2CCCCC2)C(=O)C13. The third kappa shape index (κ3) is 4.25. The van der Waals surface area contributed by atoms with Crippen LogP contribution in [0.5, 0.6) is 0 Å². The minimum Gasteiger partial charge on any atom is -0.394 e. The Hall–Kier alpha value is -2.58. The number of carbonyl (C=O) groups excluding carboxylic acids is 3. The molecule has 1 aromatic rings. The third-order valence-corrected chi connectivity index (χ3v) is 11.8. The van der Waals surface area contributed by atoms with Gasteiger partial charge < -0.3 is 19.8 Å². The van der Waals surface area contributed by atoms with E-state index in [0.717, 1.165) is 37.8 Å². The van der Waals surface area contributed by atoms with Gasteiger partial charge in [0.1, 0.15) is 6.04 Å². The Kier molecular flexibility index (Phi) is 7.59. The summed E-state index contributed by atoms with van der Waals surface area (Å²) in [5, 5.41) is 10.4. The number of para-hydroxylation sites is 1. The fraction of sp³-hybridized carbons (Fsp3) is 0.594. The Balaban J connectivity index is 1.45. The van der Waals surface area contributed by atoms with Crippen molar-refractivity contribution in [2.75, 3.05) is 24.6 Å². The highest BCUT2D eigenvalue weighted by Gasteiger charge is 2.72. The standard InChI is InChI=1S/C32H41N3O4S/c1-3-21(2)24(20-36)35-28-31(39)34(23-14-8-5-9-15-23)19-11-17-32(28)27(30(35)38)26-25(40-32)16-10-18-33(29(26)37)22-12-6-4-7-13-22/h4,6-7,10-13,16-17,21,23-28,36H,3,5,8-9,14-15,18-20H2,1-2H3/t21-,24-,25+,26-,27-,28?,32-/m0/s1. The molecule has 1 saturated carbocycles. The Bertz CT molecular complexity index is 1200. The minimum absolute atomic E-state index is 0.0133. The average Bonchev–Trinajstić information content (AvgIpc) is 3.29. The zero-order valence-electron chi connectivity index (χ0n) is 23.5. The summed E-state index contributed by atoms with van der Waals surface area (Å²) in [5.41, 5.74) is 0.811. The lowest BCUT2D eigenvalue weighted by Crippen LogP contribution is -2.59. The van der Waals surface area contributed by atoms with Crippen LogP contribution in [0.1, 0.15) is 52.4 Å². The molecule has 1 aliphatic carbocycles. The summed E-state index contributed by atoms with van der Waals surface area (Å²) in [5.74, 6) is -1.49. The van der Waals surface area contributed by atoms with Crippen LogP contribution in [0.4, 0.5) is 5.69 Å². The topological polar surface area (TPSA) is 81.2 Å². The van der Waals surface area contributed by atoms with Crippen molar-refractivity contribution in [2.45, 2.75) is 80.5 Å². The quantitative estimate of drug-likeness (QED) is 0.529. The normalized spacial score (nSPS) is 33.9. The summed E-state index contributed by atoms with van der Waals surface area (Å²) in [7, 11) is 0. The van der Waals surface area contributed by atoms with Gasteiger partial charge in [0.15, 0.2) is 0 Å². The van der Waals surface area contributed by atoms with Crippen LogP contribution in [0.15, 0.2) is 54.6 Å². The van der Waals surface area contributed by atoms with Gasteiger partial charge in [0.2, 0.25) is 17.7 Å². The molecule has 7 nitrogen and oxygen atoms in total. The fourth-order valence-corrected chi connectivity index (χ4v) is 9.82. The number of anilines is 1. The number of fused-ring (bicyclic) bond motifs is 2. The molecule has 3 amide bonds. The number of amides is 3. The van der Waals surface area contributed by atoms with Crippen LogP contribution in [0.25, 0.3) is 0 Å². The summed E-state index contributed by atoms with van der Waals surface area (Å²) in [6, 6.07) is 8.58. The zero-order valence-corrected chi connectivity index (χ0v) is 24.3. The largest absolute Gasteiger partial charge is 0.394 e. The zero-order chi connectivity index (χ0) is 28.0. The van der Waals surface area contributed by atoms with Crippen molar-refractivity contribution >= 4 is 35.2 Å². The van der Waals surface area contributed by atoms with Gasteiger partial charge >= 0.3 is 0 Å². The highest BCUT2D eigenvalue weighted by molar-refractivity contribution is 8.02. The summed E-state index contributed by atoms with van der Waals surface area (Å²) in [6.07, 6.45) is 14.4. The first-order valence-corrected chi connectivity index (χ1v) is 15.9. The summed E-state index contributed by atoms with van der Waals surface area (Å²) in [6.45, 7) is 4.86. The second kappa shape index (κ2) is 11.0. The second-order valence-electron chi connectivity index (χ2n) is 12.1. The van der Waals surface area contributed by atoms with E-state index in [9.17, 15) is 19.5 Å². The van der Waals surface area contributed by atoms with Gasteiger partial charge in [-0.2, -0.15) is 0 Å². The Labute approximate surface area is 241 Å². The molecule has 0 radical (unpaired) electrons. The number of thioether (sulfide) groups is 1. The molecule has 4 heterocycles. The lowest BCUT2D eigenvalue weighted by atomic mass is 9.78. The van der Waals surface area contributed by atoms with E-state index < -0.39 is 28.7 Å². The van der Waals surface area contributed by atoms with Crippen LogP contribution in [0, 0.1) is 17.8 Å². The summed E-state index contributed by atoms with van der Waals surface area (Å²) in [4.78, 5) is 49.2. The lowest BCUT2D eigenvalue weighted by Gasteiger charge is -2.42. The van der Waals surface area contributed by atoms with E-state index in [4.69, 9.17) is 0 Å². The first-order chi connectivity index (χ1) is 19.4. The van der Waals surface area contributed by atoms with Crippen molar-refractivity contribution in [1.29, 1.82) is 0 Å². The molecular weight excluding hydrogens is 522 g/mol. The number of nitrogens with zero attached hydrogens (tertiary/aromatic N) is 3. The maximum Gasteiger partial charge on any atom is 0.247 e. The molecule has 8 heteroatoms. The second-order valence-corrected chi connectivity index (χ2v) is 13.6. The van der Waals surface area contributed by atoms with Crippen molar-refractivity contribution in [3.05, 3.63) is 54.6 Å². The molecule has 40 heavy (non-hydrogen) atoms. The van der Waals surface area contributed by atoms with Gasteiger partial charge in [-0.25, -0.2) is 0 Å². The highest BCUT2D eigenvalue weighted by Crippen LogP contribution is 2.61. The monoisotopic (exact) mass is 563 g/mol. The van der Waals surface area contributed by atoms with Gasteiger partial charge in [0.25, 0.3) is 0 Å². The van der Waals surface area contributed by atoms with Crippen molar-refractivity contribution in [3.8, 4) is 0 Å². The maximum absolute atomic E-state index is 14.7. The molecule has 214 valence electrons. The predicted octanol–water partition coefficient (Wildman–Crippen LogP) is 4.02. The predicted molar refractivity (Wildman–Crippen MR) is 158 cm³/mol. The van der Waals surface area contributed by atoms with E-state index in [-0.39, 0.29) is 41.5 Å². The molecule has 0 aromatic heterocycles. The van der Waals surface area contributed by atoms with E-state index in [1.54, 1.807) is 21.6 Å². The molecule has 2 saturated heterocycles. The van der Waals surface area contributed by atoms with Gasteiger partial charge in [-0.05, 0) is 30.9 Å². The third-order valence-electron chi connectivity index (χ3n) is 10.1. The smallest absolute Gasteiger partial charge is 0.247 e. The summed E-state index contributed by atoms with van der Waals surface area (Å²) >= 11 is 1.62. The highest BCUT2D eigenvalue weighted by atomic mass is 32.2. The summed E-state index contributed by atoms with van der Waals surface area (Å²) < 4.78 is -0.854. The number of hydrogen-bond donors (Lipinski definition) is 1. The lowest BCUT2D eigenvalue weighted by molar-refractivity contribution is -0.148. The molecule has 7 atom stereocenters. The Morgan fingerprint density at radius 1 is 1.00 bits per heavy atom. The number of benzene rings is 1. The molecule has 1 spiro atoms. The number of carbonyl (C=O) groups is 3. The number of aliphatic hydroxyl groups is 1. The maximum atomic E-state index is 14.7. The molecule has 0 bridgehead atoms. The van der Waals surface area contributed by atoms with Gasteiger partial charge in [-0.15, -0.1) is 11.8 Å².